The summed E-state index contributed by atoms with van der Waals surface area (Å²) in [7, 11) is 0. The van der Waals surface area contributed by atoms with Gasteiger partial charge in [-0.2, -0.15) is 0 Å². The molecule has 1 heterocycles. The van der Waals surface area contributed by atoms with E-state index in [0.717, 1.165) is 32.5 Å². The Morgan fingerprint density at radius 3 is 2.87 bits per heavy atom. The number of hydrogen-bond donors (Lipinski definition) is 2. The van der Waals surface area contributed by atoms with E-state index in [2.05, 4.69) is 10.6 Å². The zero-order valence-corrected chi connectivity index (χ0v) is 9.13. The second kappa shape index (κ2) is 5.47. The Kier molecular flexibility index (Phi) is 3.97. The van der Waals surface area contributed by atoms with Crippen molar-refractivity contribution in [1.82, 2.24) is 10.6 Å². The van der Waals surface area contributed by atoms with Crippen LogP contribution in [0.1, 0.15) is 32.1 Å². The molecule has 4 nitrogen and oxygen atoms in total. The van der Waals surface area contributed by atoms with Crippen LogP contribution >= 0.6 is 0 Å². The van der Waals surface area contributed by atoms with Crippen molar-refractivity contribution in [3.05, 3.63) is 0 Å². The Bertz CT molecular complexity index is 209. The number of ether oxygens (including phenoxy) is 1. The lowest BCUT2D eigenvalue weighted by Crippen LogP contribution is -2.42. The normalized spacial score (nSPS) is 27.9. The first-order chi connectivity index (χ1) is 7.34. The summed E-state index contributed by atoms with van der Waals surface area (Å²) in [6.45, 7) is 2.43. The summed E-state index contributed by atoms with van der Waals surface area (Å²) < 4.78 is 5.49. The van der Waals surface area contributed by atoms with E-state index in [1.165, 1.54) is 12.8 Å². The highest BCUT2D eigenvalue weighted by molar-refractivity contribution is 5.76. The average Bonchev–Trinajstić information content (AvgIpc) is 2.71. The molecule has 2 N–H and O–H groups in total. The van der Waals surface area contributed by atoms with E-state index in [4.69, 9.17) is 4.74 Å². The molecule has 0 aromatic carbocycles. The molecular formula is C11H20N2O2. The third-order valence-corrected chi connectivity index (χ3v) is 3.14. The number of amides is 1. The van der Waals surface area contributed by atoms with Crippen molar-refractivity contribution in [3.63, 3.8) is 0 Å². The fraction of sp³-hybridized carbons (Fsp3) is 0.909. The van der Waals surface area contributed by atoms with Gasteiger partial charge in [-0.25, -0.2) is 0 Å². The highest BCUT2D eigenvalue weighted by atomic mass is 16.5. The van der Waals surface area contributed by atoms with Gasteiger partial charge in [-0.15, -0.1) is 0 Å². The van der Waals surface area contributed by atoms with Crippen molar-refractivity contribution >= 4 is 5.91 Å². The van der Waals surface area contributed by atoms with Crippen molar-refractivity contribution in [2.45, 2.75) is 44.2 Å². The third kappa shape index (κ3) is 3.47. The van der Waals surface area contributed by atoms with Crippen LogP contribution in [-0.4, -0.2) is 37.7 Å². The van der Waals surface area contributed by atoms with Gasteiger partial charge < -0.3 is 15.4 Å². The largest absolute Gasteiger partial charge is 0.375 e. The lowest BCUT2D eigenvalue weighted by atomic mass is 10.2. The maximum Gasteiger partial charge on any atom is 0.222 e. The average molecular weight is 212 g/mol. The molecule has 0 aromatic heterocycles. The Hall–Kier alpha value is -0.610. The fourth-order valence-corrected chi connectivity index (χ4v) is 2.31. The molecule has 86 valence electrons. The summed E-state index contributed by atoms with van der Waals surface area (Å²) in [6.07, 6.45) is 5.38. The third-order valence-electron chi connectivity index (χ3n) is 3.14. The molecule has 1 saturated carbocycles. The maximum atomic E-state index is 11.6. The van der Waals surface area contributed by atoms with Crippen molar-refractivity contribution < 1.29 is 9.53 Å². The smallest absolute Gasteiger partial charge is 0.222 e. The zero-order chi connectivity index (χ0) is 10.5. The molecule has 1 amide bonds. The molecule has 2 aliphatic rings. The SMILES string of the molecule is O=C(CC1CNCCO1)NC1CCCC1. The molecule has 1 aliphatic carbocycles. The lowest BCUT2D eigenvalue weighted by molar-refractivity contribution is -0.125. The molecule has 2 rings (SSSR count). The van der Waals surface area contributed by atoms with Gasteiger partial charge >= 0.3 is 0 Å². The Balaban J connectivity index is 1.66. The molecule has 4 heteroatoms. The quantitative estimate of drug-likeness (QED) is 0.713. The van der Waals surface area contributed by atoms with E-state index in [9.17, 15) is 4.79 Å². The monoisotopic (exact) mass is 212 g/mol. The number of carbonyl (C=O) groups is 1. The first kappa shape index (κ1) is 10.9. The van der Waals surface area contributed by atoms with Crippen LogP contribution in [0.3, 0.4) is 0 Å². The summed E-state index contributed by atoms with van der Waals surface area (Å²) in [5.41, 5.74) is 0. The first-order valence-corrected chi connectivity index (χ1v) is 5.96. The van der Waals surface area contributed by atoms with E-state index in [1.807, 2.05) is 0 Å². The number of rotatable bonds is 3. The van der Waals surface area contributed by atoms with Gasteiger partial charge in [-0.3, -0.25) is 4.79 Å². The van der Waals surface area contributed by atoms with Crippen LogP contribution in [0.25, 0.3) is 0 Å². The number of carbonyl (C=O) groups excluding carboxylic acids is 1. The summed E-state index contributed by atoms with van der Waals surface area (Å²) >= 11 is 0. The molecule has 1 unspecified atom stereocenters. The number of morpholine rings is 1. The van der Waals surface area contributed by atoms with Gasteiger partial charge in [0.2, 0.25) is 5.91 Å². The molecule has 0 bridgehead atoms. The molecule has 0 aromatic rings. The van der Waals surface area contributed by atoms with Crippen LogP contribution in [-0.2, 0) is 9.53 Å². The lowest BCUT2D eigenvalue weighted by Gasteiger charge is -2.23. The van der Waals surface area contributed by atoms with E-state index in [-0.39, 0.29) is 12.0 Å². The molecule has 0 radical (unpaired) electrons. The van der Waals surface area contributed by atoms with Gasteiger partial charge in [-0.05, 0) is 12.8 Å². The molecule has 15 heavy (non-hydrogen) atoms. The minimum absolute atomic E-state index is 0.0696. The maximum absolute atomic E-state index is 11.6. The predicted molar refractivity (Wildman–Crippen MR) is 57.6 cm³/mol. The van der Waals surface area contributed by atoms with Crippen molar-refractivity contribution in [2.75, 3.05) is 19.7 Å². The minimum atomic E-state index is 0.0696. The van der Waals surface area contributed by atoms with Crippen LogP contribution < -0.4 is 10.6 Å². The molecule has 1 aliphatic heterocycles. The van der Waals surface area contributed by atoms with Crippen molar-refractivity contribution in [2.24, 2.45) is 0 Å². The van der Waals surface area contributed by atoms with Crippen molar-refractivity contribution in [1.29, 1.82) is 0 Å². The number of hydrogen-bond acceptors (Lipinski definition) is 3. The Labute approximate surface area is 90.8 Å². The molecule has 2 fully saturated rings. The Morgan fingerprint density at radius 1 is 1.40 bits per heavy atom. The minimum Gasteiger partial charge on any atom is -0.375 e. The van der Waals surface area contributed by atoms with E-state index < -0.39 is 0 Å². The molecule has 1 atom stereocenters. The Morgan fingerprint density at radius 2 is 2.20 bits per heavy atom. The van der Waals surface area contributed by atoms with E-state index >= 15 is 0 Å². The molecule has 1 saturated heterocycles. The van der Waals surface area contributed by atoms with Gasteiger partial charge in [0.15, 0.2) is 0 Å². The van der Waals surface area contributed by atoms with Gasteiger partial charge in [0.1, 0.15) is 0 Å². The van der Waals surface area contributed by atoms with Crippen molar-refractivity contribution in [3.8, 4) is 0 Å². The highest BCUT2D eigenvalue weighted by Crippen LogP contribution is 2.17. The number of nitrogens with one attached hydrogen (secondary N) is 2. The zero-order valence-electron chi connectivity index (χ0n) is 9.13. The van der Waals surface area contributed by atoms with Crippen LogP contribution in [0.2, 0.25) is 0 Å². The molecule has 0 spiro atoms. The van der Waals surface area contributed by atoms with Gasteiger partial charge in [0.05, 0.1) is 19.1 Å². The second-order valence-corrected chi connectivity index (χ2v) is 4.45. The van der Waals surface area contributed by atoms with Crippen LogP contribution in [0, 0.1) is 0 Å². The van der Waals surface area contributed by atoms with Gasteiger partial charge in [0.25, 0.3) is 0 Å². The predicted octanol–water partition coefficient (Wildman–Crippen LogP) is 0.424. The summed E-state index contributed by atoms with van der Waals surface area (Å²) in [5, 5.41) is 6.31. The van der Waals surface area contributed by atoms with Crippen LogP contribution in [0.15, 0.2) is 0 Å². The van der Waals surface area contributed by atoms with Gasteiger partial charge in [0, 0.05) is 19.1 Å². The highest BCUT2D eigenvalue weighted by Gasteiger charge is 2.21. The summed E-state index contributed by atoms with van der Waals surface area (Å²) in [4.78, 5) is 11.6. The summed E-state index contributed by atoms with van der Waals surface area (Å²) in [6, 6.07) is 0.425. The van der Waals surface area contributed by atoms with E-state index in [0.29, 0.717) is 12.5 Å². The fourth-order valence-electron chi connectivity index (χ4n) is 2.31. The standard InChI is InChI=1S/C11H20N2O2/c14-11(13-9-3-1-2-4-9)7-10-8-12-5-6-15-10/h9-10,12H,1-8H2,(H,13,14). The van der Waals surface area contributed by atoms with E-state index in [1.54, 1.807) is 0 Å². The van der Waals surface area contributed by atoms with Crippen LogP contribution in [0.4, 0.5) is 0 Å². The second-order valence-electron chi connectivity index (χ2n) is 4.45. The summed E-state index contributed by atoms with van der Waals surface area (Å²) in [5.74, 6) is 0.149. The topological polar surface area (TPSA) is 50.4 Å². The van der Waals surface area contributed by atoms with Crippen LogP contribution in [0.5, 0.6) is 0 Å². The molecular weight excluding hydrogens is 192 g/mol. The first-order valence-electron chi connectivity index (χ1n) is 5.96. The van der Waals surface area contributed by atoms with Gasteiger partial charge in [-0.1, -0.05) is 12.8 Å².